The maximum absolute atomic E-state index is 11.8. The van der Waals surface area contributed by atoms with Gasteiger partial charge >= 0.3 is 5.97 Å². The Morgan fingerprint density at radius 2 is 1.60 bits per heavy atom. The molecule has 0 radical (unpaired) electrons. The number of carbonyl (C=O) groups excluding carboxylic acids is 1. The Kier molecular flexibility index (Phi) is 4.85. The molecule has 2 atom stereocenters. The largest absolute Gasteiger partial charge is 0.481 e. The molecule has 110 valence electrons. The number of anilines is 1. The highest BCUT2D eigenvalue weighted by Crippen LogP contribution is 2.17. The first-order chi connectivity index (χ1) is 9.12. The van der Waals surface area contributed by atoms with Gasteiger partial charge < -0.3 is 10.4 Å². The smallest absolute Gasteiger partial charge is 0.307 e. The summed E-state index contributed by atoms with van der Waals surface area (Å²) in [7, 11) is -4.28. The predicted octanol–water partition coefficient (Wildman–Crippen LogP) is 1.23. The van der Waals surface area contributed by atoms with Crippen LogP contribution in [0.4, 0.5) is 5.69 Å². The van der Waals surface area contributed by atoms with Crippen LogP contribution in [0.15, 0.2) is 29.2 Å². The van der Waals surface area contributed by atoms with E-state index in [-0.39, 0.29) is 4.90 Å². The molecule has 0 heterocycles. The van der Waals surface area contributed by atoms with Gasteiger partial charge in [0.1, 0.15) is 0 Å². The van der Waals surface area contributed by atoms with Gasteiger partial charge in [-0.05, 0) is 24.3 Å². The number of carboxylic acid groups (broad SMARTS) is 1. The van der Waals surface area contributed by atoms with Crippen LogP contribution in [-0.2, 0) is 19.7 Å². The van der Waals surface area contributed by atoms with Crippen molar-refractivity contribution in [2.75, 3.05) is 5.32 Å². The molecule has 20 heavy (non-hydrogen) atoms. The van der Waals surface area contributed by atoms with Crippen molar-refractivity contribution in [2.24, 2.45) is 11.8 Å². The zero-order valence-corrected chi connectivity index (χ0v) is 11.7. The molecule has 0 saturated heterocycles. The van der Waals surface area contributed by atoms with Crippen molar-refractivity contribution in [3.05, 3.63) is 24.3 Å². The third-order valence-corrected chi connectivity index (χ3v) is 3.84. The molecule has 1 rings (SSSR count). The van der Waals surface area contributed by atoms with Crippen molar-refractivity contribution in [3.63, 3.8) is 0 Å². The lowest BCUT2D eigenvalue weighted by atomic mass is 9.95. The van der Waals surface area contributed by atoms with Gasteiger partial charge in [0.05, 0.1) is 10.8 Å². The summed E-state index contributed by atoms with van der Waals surface area (Å²) in [5.41, 5.74) is 0.312. The first-order valence-corrected chi connectivity index (χ1v) is 7.18. The molecule has 3 N–H and O–H groups in total. The van der Waals surface area contributed by atoms with Gasteiger partial charge in [0.15, 0.2) is 0 Å². The van der Waals surface area contributed by atoms with E-state index in [1.165, 1.54) is 26.0 Å². The number of hydrogen-bond acceptors (Lipinski definition) is 4. The van der Waals surface area contributed by atoms with E-state index in [1.54, 1.807) is 0 Å². The quantitative estimate of drug-likeness (QED) is 0.703. The minimum absolute atomic E-state index is 0.289. The molecular weight excluding hydrogens is 286 g/mol. The Labute approximate surface area is 116 Å². The van der Waals surface area contributed by atoms with Crippen LogP contribution in [0, 0.1) is 11.8 Å². The van der Waals surface area contributed by atoms with Gasteiger partial charge in [0.25, 0.3) is 10.1 Å². The molecule has 1 aromatic carbocycles. The van der Waals surface area contributed by atoms with Gasteiger partial charge in [-0.25, -0.2) is 0 Å². The number of rotatable bonds is 5. The Balaban J connectivity index is 2.79. The summed E-state index contributed by atoms with van der Waals surface area (Å²) in [6.07, 6.45) is 0. The fourth-order valence-corrected chi connectivity index (χ4v) is 1.89. The number of hydrogen-bond donors (Lipinski definition) is 3. The summed E-state index contributed by atoms with van der Waals surface area (Å²) in [5.74, 6) is -3.14. The second-order valence-corrected chi connectivity index (χ2v) is 5.83. The molecule has 0 aromatic heterocycles. The molecule has 2 unspecified atom stereocenters. The fourth-order valence-electron chi connectivity index (χ4n) is 1.41. The summed E-state index contributed by atoms with van der Waals surface area (Å²) in [6, 6.07) is 4.88. The van der Waals surface area contributed by atoms with Crippen LogP contribution < -0.4 is 5.32 Å². The average Bonchev–Trinajstić information content (AvgIpc) is 2.36. The second-order valence-electron chi connectivity index (χ2n) is 4.40. The number of nitrogens with one attached hydrogen (secondary N) is 1. The van der Waals surface area contributed by atoms with E-state index in [1.807, 2.05) is 0 Å². The molecule has 0 bridgehead atoms. The van der Waals surface area contributed by atoms with Crippen LogP contribution in [0.3, 0.4) is 0 Å². The van der Waals surface area contributed by atoms with Crippen LogP contribution >= 0.6 is 0 Å². The van der Waals surface area contributed by atoms with Crippen molar-refractivity contribution < 1.29 is 27.7 Å². The summed E-state index contributed by atoms with van der Waals surface area (Å²) in [6.45, 7) is 2.91. The monoisotopic (exact) mass is 301 g/mol. The number of benzene rings is 1. The van der Waals surface area contributed by atoms with Gasteiger partial charge in [-0.1, -0.05) is 13.8 Å². The van der Waals surface area contributed by atoms with Gasteiger partial charge in [-0.15, -0.1) is 0 Å². The van der Waals surface area contributed by atoms with E-state index < -0.39 is 33.8 Å². The van der Waals surface area contributed by atoms with E-state index in [0.717, 1.165) is 12.1 Å². The van der Waals surface area contributed by atoms with Gasteiger partial charge in [-0.3, -0.25) is 14.1 Å². The van der Waals surface area contributed by atoms with E-state index in [0.29, 0.717) is 5.69 Å². The number of aliphatic carboxylic acids is 1. The van der Waals surface area contributed by atoms with Crippen molar-refractivity contribution in [3.8, 4) is 0 Å². The van der Waals surface area contributed by atoms with E-state index in [2.05, 4.69) is 5.32 Å². The molecule has 8 heteroatoms. The molecule has 0 aliphatic carbocycles. The highest BCUT2D eigenvalue weighted by molar-refractivity contribution is 7.85. The lowest BCUT2D eigenvalue weighted by Crippen LogP contribution is -2.29. The Hall–Kier alpha value is -1.93. The maximum atomic E-state index is 11.8. The third-order valence-electron chi connectivity index (χ3n) is 2.97. The normalized spacial score (nSPS) is 14.3. The standard InChI is InChI=1S/C12H15NO6S/c1-7(8(2)12(15)16)11(14)13-9-3-5-10(6-4-9)20(17,18)19/h3-8H,1-2H3,(H,13,14)(H,15,16)(H,17,18,19). The van der Waals surface area contributed by atoms with E-state index >= 15 is 0 Å². The Bertz CT molecular complexity index is 607. The van der Waals surface area contributed by atoms with Crippen LogP contribution in [0.1, 0.15) is 13.8 Å². The molecule has 0 fully saturated rings. The summed E-state index contributed by atoms with van der Waals surface area (Å²) in [5, 5.41) is 11.3. The molecule has 1 aromatic rings. The maximum Gasteiger partial charge on any atom is 0.307 e. The SMILES string of the molecule is CC(C(=O)O)C(C)C(=O)Nc1ccc(S(=O)(=O)O)cc1. The average molecular weight is 301 g/mol. The molecule has 0 aliphatic rings. The Morgan fingerprint density at radius 1 is 1.10 bits per heavy atom. The van der Waals surface area contributed by atoms with Crippen molar-refractivity contribution in [2.45, 2.75) is 18.7 Å². The zero-order chi connectivity index (χ0) is 15.5. The fraction of sp³-hybridized carbons (Fsp3) is 0.333. The molecule has 0 saturated carbocycles. The molecule has 7 nitrogen and oxygen atoms in total. The van der Waals surface area contributed by atoms with Crippen molar-refractivity contribution in [1.29, 1.82) is 0 Å². The van der Waals surface area contributed by atoms with Gasteiger partial charge in [0.2, 0.25) is 5.91 Å². The van der Waals surface area contributed by atoms with E-state index in [9.17, 15) is 18.0 Å². The summed E-state index contributed by atoms with van der Waals surface area (Å²) < 4.78 is 30.5. The van der Waals surface area contributed by atoms with Crippen LogP contribution in [0.2, 0.25) is 0 Å². The first-order valence-electron chi connectivity index (χ1n) is 5.74. The van der Waals surface area contributed by atoms with Gasteiger partial charge in [-0.2, -0.15) is 8.42 Å². The molecule has 0 aliphatic heterocycles. The second kappa shape index (κ2) is 6.02. The molecular formula is C12H15NO6S. The minimum Gasteiger partial charge on any atom is -0.481 e. The summed E-state index contributed by atoms with van der Waals surface area (Å²) in [4.78, 5) is 22.3. The van der Waals surface area contributed by atoms with Crippen LogP contribution in [0.25, 0.3) is 0 Å². The number of carboxylic acids is 1. The highest BCUT2D eigenvalue weighted by Gasteiger charge is 2.25. The topological polar surface area (TPSA) is 121 Å². The summed E-state index contributed by atoms with van der Waals surface area (Å²) >= 11 is 0. The third kappa shape index (κ3) is 4.04. The Morgan fingerprint density at radius 3 is 2.00 bits per heavy atom. The van der Waals surface area contributed by atoms with Gasteiger partial charge in [0, 0.05) is 11.6 Å². The minimum atomic E-state index is -4.28. The first kappa shape index (κ1) is 16.1. The van der Waals surface area contributed by atoms with Crippen molar-refractivity contribution >= 4 is 27.7 Å². The lowest BCUT2D eigenvalue weighted by molar-refractivity contribution is -0.145. The lowest BCUT2D eigenvalue weighted by Gasteiger charge is -2.15. The van der Waals surface area contributed by atoms with Crippen molar-refractivity contribution in [1.82, 2.24) is 0 Å². The van der Waals surface area contributed by atoms with E-state index in [4.69, 9.17) is 9.66 Å². The number of carbonyl (C=O) groups is 2. The zero-order valence-electron chi connectivity index (χ0n) is 10.9. The predicted molar refractivity (Wildman–Crippen MR) is 70.9 cm³/mol. The molecule has 0 spiro atoms. The van der Waals surface area contributed by atoms with Crippen LogP contribution in [0.5, 0.6) is 0 Å². The number of amides is 1. The van der Waals surface area contributed by atoms with Crippen LogP contribution in [-0.4, -0.2) is 30.0 Å². The molecule has 1 amide bonds. The highest BCUT2D eigenvalue weighted by atomic mass is 32.2.